The smallest absolute Gasteiger partial charge is 0.161 e. The number of benzene rings is 1. The standard InChI is InChI=1S/C19H20N6O/c1-15-20-10-7-18(23-15)25-12-11-24(13-14-26-25)17-6-3-2-5-16(17)19-21-8-4-9-22-19/h2-10H,11-14H2,1H3. The van der Waals surface area contributed by atoms with Crippen molar-refractivity contribution in [1.29, 1.82) is 0 Å². The van der Waals surface area contributed by atoms with Gasteiger partial charge in [-0.3, -0.25) is 4.84 Å². The van der Waals surface area contributed by atoms with Gasteiger partial charge in [0.1, 0.15) is 5.82 Å². The van der Waals surface area contributed by atoms with E-state index >= 15 is 0 Å². The molecule has 0 unspecified atom stereocenters. The second-order valence-electron chi connectivity index (χ2n) is 5.97. The van der Waals surface area contributed by atoms with Crippen LogP contribution in [0.5, 0.6) is 0 Å². The SMILES string of the molecule is Cc1nccc(N2CCN(c3ccccc3-c3ncccn3)CCO2)n1. The van der Waals surface area contributed by atoms with Gasteiger partial charge >= 0.3 is 0 Å². The lowest BCUT2D eigenvalue weighted by Gasteiger charge is -2.24. The van der Waals surface area contributed by atoms with Crippen molar-refractivity contribution < 1.29 is 4.84 Å². The second-order valence-corrected chi connectivity index (χ2v) is 5.97. The van der Waals surface area contributed by atoms with Crippen LogP contribution in [-0.2, 0) is 4.84 Å². The summed E-state index contributed by atoms with van der Waals surface area (Å²) in [5.41, 5.74) is 2.14. The molecule has 7 nitrogen and oxygen atoms in total. The van der Waals surface area contributed by atoms with Crippen molar-refractivity contribution in [2.75, 3.05) is 36.2 Å². The number of para-hydroxylation sites is 1. The quantitative estimate of drug-likeness (QED) is 0.720. The molecule has 0 radical (unpaired) electrons. The van der Waals surface area contributed by atoms with Gasteiger partial charge in [0.2, 0.25) is 0 Å². The van der Waals surface area contributed by atoms with Crippen molar-refractivity contribution >= 4 is 11.5 Å². The third-order valence-corrected chi connectivity index (χ3v) is 4.25. The summed E-state index contributed by atoms with van der Waals surface area (Å²) in [7, 11) is 0. The Labute approximate surface area is 152 Å². The lowest BCUT2D eigenvalue weighted by molar-refractivity contribution is 0.124. The molecule has 132 valence electrons. The molecule has 1 aliphatic rings. The van der Waals surface area contributed by atoms with Crippen molar-refractivity contribution in [1.82, 2.24) is 19.9 Å². The summed E-state index contributed by atoms with van der Waals surface area (Å²) in [4.78, 5) is 25.6. The summed E-state index contributed by atoms with van der Waals surface area (Å²) in [6.07, 6.45) is 5.29. The van der Waals surface area contributed by atoms with Gasteiger partial charge in [-0.2, -0.15) is 0 Å². The van der Waals surface area contributed by atoms with E-state index in [1.807, 2.05) is 36.3 Å². The normalized spacial score (nSPS) is 15.0. The molecule has 1 aromatic carbocycles. The zero-order valence-corrected chi connectivity index (χ0v) is 14.6. The summed E-state index contributed by atoms with van der Waals surface area (Å²) >= 11 is 0. The first-order chi connectivity index (χ1) is 12.8. The second kappa shape index (κ2) is 7.45. The molecule has 4 rings (SSSR count). The van der Waals surface area contributed by atoms with Gasteiger partial charge < -0.3 is 4.90 Å². The monoisotopic (exact) mass is 348 g/mol. The van der Waals surface area contributed by atoms with Crippen LogP contribution in [0.4, 0.5) is 11.5 Å². The number of aromatic nitrogens is 4. The molecule has 0 aliphatic carbocycles. The zero-order valence-electron chi connectivity index (χ0n) is 14.6. The fraction of sp³-hybridized carbons (Fsp3) is 0.263. The molecular weight excluding hydrogens is 328 g/mol. The molecule has 1 fully saturated rings. The van der Waals surface area contributed by atoms with Crippen molar-refractivity contribution in [2.45, 2.75) is 6.92 Å². The maximum absolute atomic E-state index is 5.91. The Morgan fingerprint density at radius 1 is 0.885 bits per heavy atom. The summed E-state index contributed by atoms with van der Waals surface area (Å²) in [6.45, 7) is 4.76. The topological polar surface area (TPSA) is 67.3 Å². The van der Waals surface area contributed by atoms with E-state index < -0.39 is 0 Å². The van der Waals surface area contributed by atoms with Gasteiger partial charge in [-0.15, -0.1) is 0 Å². The summed E-state index contributed by atoms with van der Waals surface area (Å²) < 4.78 is 0. The van der Waals surface area contributed by atoms with E-state index in [1.165, 1.54) is 0 Å². The molecule has 7 heteroatoms. The molecule has 1 aliphatic heterocycles. The molecule has 3 aromatic rings. The Morgan fingerprint density at radius 2 is 1.73 bits per heavy atom. The van der Waals surface area contributed by atoms with Crippen LogP contribution in [0.1, 0.15) is 5.82 Å². The number of aryl methyl sites for hydroxylation is 1. The van der Waals surface area contributed by atoms with Crippen molar-refractivity contribution in [3.8, 4) is 11.4 Å². The molecule has 1 saturated heterocycles. The fourth-order valence-corrected chi connectivity index (χ4v) is 3.03. The number of rotatable bonds is 3. The first kappa shape index (κ1) is 16.4. The molecule has 2 aromatic heterocycles. The molecule has 0 saturated carbocycles. The summed E-state index contributed by atoms with van der Waals surface area (Å²) in [5.74, 6) is 2.26. The van der Waals surface area contributed by atoms with Gasteiger partial charge in [0, 0.05) is 49.0 Å². The molecule has 0 spiro atoms. The predicted molar refractivity (Wildman–Crippen MR) is 99.7 cm³/mol. The van der Waals surface area contributed by atoms with Gasteiger partial charge in [-0.1, -0.05) is 12.1 Å². The highest BCUT2D eigenvalue weighted by Crippen LogP contribution is 2.28. The number of hydroxylamine groups is 1. The van der Waals surface area contributed by atoms with Crippen LogP contribution in [0.15, 0.2) is 55.0 Å². The van der Waals surface area contributed by atoms with E-state index in [0.717, 1.165) is 41.8 Å². The van der Waals surface area contributed by atoms with Crippen LogP contribution >= 0.6 is 0 Å². The highest BCUT2D eigenvalue weighted by atomic mass is 16.7. The Hall–Kier alpha value is -3.06. The lowest BCUT2D eigenvalue weighted by atomic mass is 10.1. The van der Waals surface area contributed by atoms with Gasteiger partial charge in [-0.05, 0) is 25.1 Å². The van der Waals surface area contributed by atoms with E-state index in [2.05, 4.69) is 37.0 Å². The third kappa shape index (κ3) is 3.48. The minimum absolute atomic E-state index is 0.576. The number of hydrogen-bond acceptors (Lipinski definition) is 7. The van der Waals surface area contributed by atoms with E-state index in [-0.39, 0.29) is 0 Å². The van der Waals surface area contributed by atoms with Gasteiger partial charge in [0.25, 0.3) is 0 Å². The Kier molecular flexibility index (Phi) is 4.70. The summed E-state index contributed by atoms with van der Waals surface area (Å²) in [5, 5.41) is 1.84. The van der Waals surface area contributed by atoms with E-state index in [1.54, 1.807) is 18.6 Å². The van der Waals surface area contributed by atoms with Crippen molar-refractivity contribution in [3.63, 3.8) is 0 Å². The lowest BCUT2D eigenvalue weighted by Crippen LogP contribution is -2.31. The number of anilines is 2. The van der Waals surface area contributed by atoms with Crippen molar-refractivity contribution in [3.05, 3.63) is 60.8 Å². The van der Waals surface area contributed by atoms with Crippen LogP contribution in [0.3, 0.4) is 0 Å². The van der Waals surface area contributed by atoms with E-state index in [0.29, 0.717) is 13.2 Å². The van der Waals surface area contributed by atoms with Crippen LogP contribution in [0.2, 0.25) is 0 Å². The molecule has 0 atom stereocenters. The van der Waals surface area contributed by atoms with E-state index in [4.69, 9.17) is 4.84 Å². The molecule has 3 heterocycles. The Bertz CT molecular complexity index is 873. The van der Waals surface area contributed by atoms with Gasteiger partial charge in [-0.25, -0.2) is 25.0 Å². The third-order valence-electron chi connectivity index (χ3n) is 4.25. The molecule has 0 N–H and O–H groups in total. The number of hydrogen-bond donors (Lipinski definition) is 0. The average Bonchev–Trinajstić information content (AvgIpc) is 2.95. The van der Waals surface area contributed by atoms with Crippen molar-refractivity contribution in [2.24, 2.45) is 0 Å². The maximum Gasteiger partial charge on any atom is 0.161 e. The molecule has 0 amide bonds. The predicted octanol–water partition coefficient (Wildman–Crippen LogP) is 2.50. The van der Waals surface area contributed by atoms with E-state index in [9.17, 15) is 0 Å². The van der Waals surface area contributed by atoms with Crippen LogP contribution in [0, 0.1) is 6.92 Å². The Morgan fingerprint density at radius 3 is 2.58 bits per heavy atom. The Balaban J connectivity index is 1.57. The molecular formula is C19H20N6O. The summed E-state index contributed by atoms with van der Waals surface area (Å²) in [6, 6.07) is 11.9. The van der Waals surface area contributed by atoms with Crippen LogP contribution in [-0.4, -0.2) is 46.2 Å². The largest absolute Gasteiger partial charge is 0.367 e. The average molecular weight is 348 g/mol. The highest BCUT2D eigenvalue weighted by molar-refractivity contribution is 5.74. The fourth-order valence-electron chi connectivity index (χ4n) is 3.03. The van der Waals surface area contributed by atoms with Crippen LogP contribution in [0.25, 0.3) is 11.4 Å². The van der Waals surface area contributed by atoms with Gasteiger partial charge in [0.05, 0.1) is 13.2 Å². The molecule has 26 heavy (non-hydrogen) atoms. The van der Waals surface area contributed by atoms with Gasteiger partial charge in [0.15, 0.2) is 11.6 Å². The zero-order chi connectivity index (χ0) is 17.8. The first-order valence-corrected chi connectivity index (χ1v) is 8.63. The molecule has 0 bridgehead atoms. The first-order valence-electron chi connectivity index (χ1n) is 8.63. The minimum Gasteiger partial charge on any atom is -0.367 e. The highest BCUT2D eigenvalue weighted by Gasteiger charge is 2.20. The minimum atomic E-state index is 0.576. The number of nitrogens with zero attached hydrogens (tertiary/aromatic N) is 6. The maximum atomic E-state index is 5.91. The van der Waals surface area contributed by atoms with Crippen LogP contribution < -0.4 is 9.96 Å².